The van der Waals surface area contributed by atoms with Crippen molar-refractivity contribution < 1.29 is 13.3 Å². The van der Waals surface area contributed by atoms with Crippen LogP contribution in [0, 0.1) is 10.1 Å². The number of nitrogens with zero attached hydrogens (tertiary/aromatic N) is 3. The van der Waals surface area contributed by atoms with E-state index in [1.165, 1.54) is 31.4 Å². The highest BCUT2D eigenvalue weighted by molar-refractivity contribution is 7.92. The molecular weight excluding hydrogens is 298 g/mol. The molecule has 1 aromatic heterocycles. The molecule has 0 amide bonds. The van der Waals surface area contributed by atoms with E-state index in [-0.39, 0.29) is 22.1 Å². The SMILES string of the molecule is CNc1cc(S(=O)(=O)Nc2cccnn2)ccc1[N+](=O)[O-]. The Hall–Kier alpha value is -2.75. The lowest BCUT2D eigenvalue weighted by molar-refractivity contribution is -0.384. The number of hydrogen-bond donors (Lipinski definition) is 2. The molecule has 1 heterocycles. The van der Waals surface area contributed by atoms with Crippen molar-refractivity contribution >= 4 is 27.2 Å². The van der Waals surface area contributed by atoms with E-state index in [1.54, 1.807) is 0 Å². The monoisotopic (exact) mass is 309 g/mol. The summed E-state index contributed by atoms with van der Waals surface area (Å²) in [6.07, 6.45) is 1.41. The molecule has 0 radical (unpaired) electrons. The van der Waals surface area contributed by atoms with Gasteiger partial charge in [-0.15, -0.1) is 5.10 Å². The third-order valence-electron chi connectivity index (χ3n) is 2.56. The molecule has 110 valence electrons. The van der Waals surface area contributed by atoms with Crippen LogP contribution in [0.2, 0.25) is 0 Å². The minimum Gasteiger partial charge on any atom is -0.383 e. The zero-order chi connectivity index (χ0) is 15.5. The molecule has 2 aromatic rings. The lowest BCUT2D eigenvalue weighted by atomic mass is 10.3. The molecule has 0 bridgehead atoms. The van der Waals surface area contributed by atoms with Gasteiger partial charge in [-0.25, -0.2) is 8.42 Å². The zero-order valence-electron chi connectivity index (χ0n) is 10.8. The average molecular weight is 309 g/mol. The summed E-state index contributed by atoms with van der Waals surface area (Å²) in [6.45, 7) is 0. The van der Waals surface area contributed by atoms with Gasteiger partial charge in [-0.3, -0.25) is 14.8 Å². The second kappa shape index (κ2) is 5.71. The predicted octanol–water partition coefficient (Wildman–Crippen LogP) is 1.23. The first-order valence-corrected chi connectivity index (χ1v) is 7.19. The van der Waals surface area contributed by atoms with Crippen LogP contribution in [0.1, 0.15) is 0 Å². The maximum absolute atomic E-state index is 12.2. The Morgan fingerprint density at radius 2 is 2.05 bits per heavy atom. The molecule has 0 aliphatic rings. The summed E-state index contributed by atoms with van der Waals surface area (Å²) >= 11 is 0. The molecule has 0 atom stereocenters. The van der Waals surface area contributed by atoms with Crippen LogP contribution in [0.4, 0.5) is 17.2 Å². The number of benzene rings is 1. The molecule has 10 heteroatoms. The number of nitrogens with one attached hydrogen (secondary N) is 2. The van der Waals surface area contributed by atoms with Gasteiger partial charge in [0.15, 0.2) is 5.82 Å². The summed E-state index contributed by atoms with van der Waals surface area (Å²) in [5.41, 5.74) is -0.113. The molecular formula is C11H11N5O4S. The Balaban J connectivity index is 2.39. The smallest absolute Gasteiger partial charge is 0.292 e. The third-order valence-corrected chi connectivity index (χ3v) is 3.91. The second-order valence-corrected chi connectivity index (χ2v) is 5.58. The van der Waals surface area contributed by atoms with E-state index in [9.17, 15) is 18.5 Å². The highest BCUT2D eigenvalue weighted by atomic mass is 32.2. The Kier molecular flexibility index (Phi) is 3.98. The molecule has 0 saturated carbocycles. The Bertz CT molecular complexity index is 763. The van der Waals surface area contributed by atoms with Gasteiger partial charge in [0.1, 0.15) is 5.69 Å². The number of nitro groups is 1. The van der Waals surface area contributed by atoms with Gasteiger partial charge in [0.05, 0.1) is 9.82 Å². The van der Waals surface area contributed by atoms with Crippen LogP contribution in [0.5, 0.6) is 0 Å². The van der Waals surface area contributed by atoms with Crippen molar-refractivity contribution in [2.75, 3.05) is 17.1 Å². The molecule has 0 spiro atoms. The van der Waals surface area contributed by atoms with Gasteiger partial charge in [-0.1, -0.05) is 0 Å². The zero-order valence-corrected chi connectivity index (χ0v) is 11.7. The second-order valence-electron chi connectivity index (χ2n) is 3.90. The van der Waals surface area contributed by atoms with Gasteiger partial charge in [-0.05, 0) is 24.3 Å². The molecule has 0 aliphatic heterocycles. The summed E-state index contributed by atoms with van der Waals surface area (Å²) in [5.74, 6) is 0.0573. The van der Waals surface area contributed by atoms with Crippen molar-refractivity contribution in [1.82, 2.24) is 10.2 Å². The number of aromatic nitrogens is 2. The Morgan fingerprint density at radius 3 is 2.62 bits per heavy atom. The van der Waals surface area contributed by atoms with Gasteiger partial charge in [0.2, 0.25) is 0 Å². The molecule has 1 aromatic carbocycles. The van der Waals surface area contributed by atoms with Crippen LogP contribution in [-0.4, -0.2) is 30.6 Å². The first-order chi connectivity index (χ1) is 9.94. The molecule has 21 heavy (non-hydrogen) atoms. The Morgan fingerprint density at radius 1 is 1.29 bits per heavy atom. The van der Waals surface area contributed by atoms with Crippen molar-refractivity contribution in [2.45, 2.75) is 4.90 Å². The van der Waals surface area contributed by atoms with Crippen LogP contribution in [0.25, 0.3) is 0 Å². The van der Waals surface area contributed by atoms with E-state index >= 15 is 0 Å². The maximum atomic E-state index is 12.2. The van der Waals surface area contributed by atoms with Crippen LogP contribution >= 0.6 is 0 Å². The summed E-state index contributed by atoms with van der Waals surface area (Å²) in [6, 6.07) is 6.42. The molecule has 2 rings (SSSR count). The van der Waals surface area contributed by atoms with Gasteiger partial charge in [-0.2, -0.15) is 5.10 Å². The van der Waals surface area contributed by atoms with Crippen LogP contribution in [0.15, 0.2) is 41.4 Å². The lowest BCUT2D eigenvalue weighted by Crippen LogP contribution is -2.14. The minimum absolute atomic E-state index is 0.0573. The first kappa shape index (κ1) is 14.7. The quantitative estimate of drug-likeness (QED) is 0.628. The van der Waals surface area contributed by atoms with Crippen molar-refractivity contribution in [3.8, 4) is 0 Å². The van der Waals surface area contributed by atoms with Gasteiger partial charge in [0, 0.05) is 19.3 Å². The lowest BCUT2D eigenvalue weighted by Gasteiger charge is -2.08. The fourth-order valence-electron chi connectivity index (χ4n) is 1.59. The molecule has 0 fully saturated rings. The van der Waals surface area contributed by atoms with Gasteiger partial charge in [0.25, 0.3) is 15.7 Å². The normalized spacial score (nSPS) is 10.9. The van der Waals surface area contributed by atoms with Gasteiger partial charge < -0.3 is 5.32 Å². The number of nitro benzene ring substituents is 1. The van der Waals surface area contributed by atoms with Crippen molar-refractivity contribution in [2.24, 2.45) is 0 Å². The fourth-order valence-corrected chi connectivity index (χ4v) is 2.62. The average Bonchev–Trinajstić information content (AvgIpc) is 2.47. The van der Waals surface area contributed by atoms with Crippen molar-refractivity contribution in [3.05, 3.63) is 46.6 Å². The number of hydrogen-bond acceptors (Lipinski definition) is 7. The summed E-state index contributed by atoms with van der Waals surface area (Å²) in [5, 5.41) is 20.6. The predicted molar refractivity (Wildman–Crippen MR) is 75.5 cm³/mol. The van der Waals surface area contributed by atoms with E-state index < -0.39 is 14.9 Å². The largest absolute Gasteiger partial charge is 0.383 e. The topological polar surface area (TPSA) is 127 Å². The maximum Gasteiger partial charge on any atom is 0.292 e. The molecule has 0 aliphatic carbocycles. The molecule has 0 unspecified atom stereocenters. The Labute approximate surface area is 120 Å². The van der Waals surface area contributed by atoms with Crippen molar-refractivity contribution in [1.29, 1.82) is 0 Å². The number of rotatable bonds is 5. The van der Waals surface area contributed by atoms with Crippen molar-refractivity contribution in [3.63, 3.8) is 0 Å². The molecule has 0 saturated heterocycles. The highest BCUT2D eigenvalue weighted by Gasteiger charge is 2.20. The van der Waals surface area contributed by atoms with E-state index in [2.05, 4.69) is 20.2 Å². The first-order valence-electron chi connectivity index (χ1n) is 5.71. The van der Waals surface area contributed by atoms with E-state index in [0.29, 0.717) is 0 Å². The number of anilines is 2. The fraction of sp³-hybridized carbons (Fsp3) is 0.0909. The standard InChI is InChI=1S/C11H11N5O4S/c1-12-9-7-8(4-5-10(9)16(17)18)21(19,20)15-11-3-2-6-13-14-11/h2-7,12H,1H3,(H,14,15). The molecule has 9 nitrogen and oxygen atoms in total. The highest BCUT2D eigenvalue weighted by Crippen LogP contribution is 2.27. The van der Waals surface area contributed by atoms with Crippen LogP contribution < -0.4 is 10.0 Å². The minimum atomic E-state index is -3.90. The summed E-state index contributed by atoms with van der Waals surface area (Å²) < 4.78 is 26.6. The van der Waals surface area contributed by atoms with Crippen LogP contribution in [0.3, 0.4) is 0 Å². The van der Waals surface area contributed by atoms with E-state index in [1.807, 2.05) is 0 Å². The van der Waals surface area contributed by atoms with E-state index in [4.69, 9.17) is 0 Å². The van der Waals surface area contributed by atoms with E-state index in [0.717, 1.165) is 12.1 Å². The number of sulfonamides is 1. The molecule has 2 N–H and O–H groups in total. The van der Waals surface area contributed by atoms with Gasteiger partial charge >= 0.3 is 0 Å². The summed E-state index contributed by atoms with van der Waals surface area (Å²) in [7, 11) is -2.44. The third kappa shape index (κ3) is 3.23. The summed E-state index contributed by atoms with van der Waals surface area (Å²) in [4.78, 5) is 10.1. The van der Waals surface area contributed by atoms with Crippen LogP contribution in [-0.2, 0) is 10.0 Å².